The third-order valence-electron chi connectivity index (χ3n) is 6.40. The van der Waals surface area contributed by atoms with E-state index in [1.165, 1.54) is 26.2 Å². The minimum Gasteiger partial charge on any atom is -0.466 e. The van der Waals surface area contributed by atoms with Crippen molar-refractivity contribution in [2.24, 2.45) is 11.8 Å². The van der Waals surface area contributed by atoms with E-state index in [4.69, 9.17) is 4.74 Å². The second-order valence-corrected chi connectivity index (χ2v) is 10.7. The predicted octanol–water partition coefficient (Wildman–Crippen LogP) is 7.93. The van der Waals surface area contributed by atoms with Gasteiger partial charge in [-0.25, -0.2) is 0 Å². The molecule has 0 bridgehead atoms. The van der Waals surface area contributed by atoms with Gasteiger partial charge in [-0.1, -0.05) is 61.3 Å². The topological polar surface area (TPSA) is 93.1 Å². The van der Waals surface area contributed by atoms with Crippen molar-refractivity contribution in [1.29, 1.82) is 0 Å². The number of carbonyl (C=O) groups excluding carboxylic acids is 2. The molecule has 0 unspecified atom stereocenters. The van der Waals surface area contributed by atoms with E-state index in [-0.39, 0.29) is 99.7 Å². The van der Waals surface area contributed by atoms with Gasteiger partial charge in [0.1, 0.15) is 5.60 Å². The second kappa shape index (κ2) is 28.4. The lowest BCUT2D eigenvalue weighted by molar-refractivity contribution is -0.159. The first kappa shape index (κ1) is 58.8. The normalized spacial score (nSPS) is 24.7. The zero-order chi connectivity index (χ0) is 25.0. The van der Waals surface area contributed by atoms with E-state index in [0.29, 0.717) is 18.9 Å². The second-order valence-electron chi connectivity index (χ2n) is 10.7. The fraction of sp³-hybridized carbons (Fsp3) is 0.931. The van der Waals surface area contributed by atoms with Crippen LogP contribution in [0.4, 0.5) is 0 Å². The molecule has 0 heterocycles. The zero-order valence-corrected chi connectivity index (χ0v) is 28.0. The molecule has 0 spiro atoms. The van der Waals surface area contributed by atoms with Crippen LogP contribution < -0.4 is 0 Å². The summed E-state index contributed by atoms with van der Waals surface area (Å²) >= 11 is 0. The molecule has 0 aromatic carbocycles. The molecule has 2 aliphatic carbocycles. The van der Waals surface area contributed by atoms with Crippen molar-refractivity contribution in [2.75, 3.05) is 6.61 Å². The quantitative estimate of drug-likeness (QED) is 0.303. The summed E-state index contributed by atoms with van der Waals surface area (Å²) in [5, 5.41) is 20.0. The van der Waals surface area contributed by atoms with E-state index in [2.05, 4.69) is 11.7 Å². The van der Waals surface area contributed by atoms with Crippen LogP contribution >= 0.6 is 54.0 Å². The van der Waals surface area contributed by atoms with Crippen LogP contribution in [0.5, 0.6) is 0 Å². The molecule has 0 saturated heterocycles. The maximum atomic E-state index is 11.7. The fourth-order valence-electron chi connectivity index (χ4n) is 4.53. The number of ether oxygens (including phenoxy) is 2. The molecular weight excluding hydrogens is 573 g/mol. The Bertz CT molecular complexity index is 566. The highest BCUT2D eigenvalue weighted by Gasteiger charge is 2.36. The first-order chi connectivity index (χ1) is 14.6. The Balaban J connectivity index is -0.0000000616. The highest BCUT2D eigenvalue weighted by Crippen LogP contribution is 2.36. The molecule has 0 aliphatic heterocycles. The van der Waals surface area contributed by atoms with Gasteiger partial charge in [-0.05, 0) is 79.1 Å². The van der Waals surface area contributed by atoms with Crippen LogP contribution in [-0.4, -0.2) is 45.6 Å². The minimum atomic E-state index is -0.699. The van der Waals surface area contributed by atoms with Crippen molar-refractivity contribution >= 4 is 65.9 Å². The minimum absolute atomic E-state index is 0. The third kappa shape index (κ3) is 28.2. The van der Waals surface area contributed by atoms with Crippen LogP contribution in [0.25, 0.3) is 0 Å². The summed E-state index contributed by atoms with van der Waals surface area (Å²) in [4.78, 5) is 21.5. The van der Waals surface area contributed by atoms with E-state index in [1.807, 2.05) is 34.6 Å². The third-order valence-corrected chi connectivity index (χ3v) is 6.40. The monoisotopic (exact) mass is 642 g/mol. The zero-order valence-electron chi connectivity index (χ0n) is 24.0. The smallest absolute Gasteiger partial charge is 0.306 e. The molecule has 2 saturated carbocycles. The summed E-state index contributed by atoms with van der Waals surface area (Å²) < 4.78 is 9.69. The van der Waals surface area contributed by atoms with Gasteiger partial charge in [0.15, 0.2) is 0 Å². The average Bonchev–Trinajstić information content (AvgIpc) is 2.62. The van der Waals surface area contributed by atoms with Crippen molar-refractivity contribution in [1.82, 2.24) is 0 Å². The van der Waals surface area contributed by atoms with E-state index in [1.54, 1.807) is 6.92 Å². The molecule has 0 aromatic rings. The largest absolute Gasteiger partial charge is 0.466 e. The number of aliphatic hydroxyl groups is 2. The van der Waals surface area contributed by atoms with E-state index < -0.39 is 11.2 Å². The fourth-order valence-corrected chi connectivity index (χ4v) is 4.53. The number of esters is 2. The van der Waals surface area contributed by atoms with Gasteiger partial charge in [0, 0.05) is 6.92 Å². The predicted molar refractivity (Wildman–Crippen MR) is 190 cm³/mol. The highest BCUT2D eigenvalue weighted by atomic mass is 32.1. The summed E-state index contributed by atoms with van der Waals surface area (Å²) in [5.41, 5.74) is -1.49. The van der Waals surface area contributed by atoms with E-state index in [0.717, 1.165) is 38.5 Å². The lowest BCUT2D eigenvalue weighted by Crippen LogP contribution is -2.39. The van der Waals surface area contributed by atoms with Gasteiger partial charge in [-0.2, -0.15) is 54.0 Å². The molecule has 10 heteroatoms. The summed E-state index contributed by atoms with van der Waals surface area (Å²) in [5.74, 6) is 0.203. The molecule has 2 N–H and O–H groups in total. The molecule has 2 fully saturated rings. The van der Waals surface area contributed by atoms with E-state index >= 15 is 0 Å². The highest BCUT2D eigenvalue weighted by molar-refractivity contribution is 7.59. The Hall–Kier alpha value is 0.260. The number of carbonyl (C=O) groups is 2. The van der Waals surface area contributed by atoms with E-state index in [9.17, 15) is 19.8 Å². The number of hydrogen-bond acceptors (Lipinski definition) is 6. The molecular formula is C29H70O6S4. The Labute approximate surface area is 271 Å². The van der Waals surface area contributed by atoms with Crippen molar-refractivity contribution in [3.63, 3.8) is 0 Å². The summed E-state index contributed by atoms with van der Waals surface area (Å²) in [6, 6.07) is 0. The van der Waals surface area contributed by atoms with Crippen LogP contribution in [0.15, 0.2) is 0 Å². The molecule has 39 heavy (non-hydrogen) atoms. The summed E-state index contributed by atoms with van der Waals surface area (Å²) in [7, 11) is 0. The molecule has 0 radical (unpaired) electrons. The van der Waals surface area contributed by atoms with Gasteiger partial charge < -0.3 is 19.7 Å². The average molecular weight is 643 g/mol. The molecule has 0 amide bonds. The Morgan fingerprint density at radius 2 is 1.18 bits per heavy atom. The summed E-state index contributed by atoms with van der Waals surface area (Å²) in [6.07, 6.45) is 10.1. The molecule has 2 rings (SSSR count). The number of rotatable bonds is 4. The lowest BCUT2D eigenvalue weighted by Gasteiger charge is -2.37. The van der Waals surface area contributed by atoms with Crippen molar-refractivity contribution in [3.05, 3.63) is 0 Å². The van der Waals surface area contributed by atoms with Crippen LogP contribution in [0.2, 0.25) is 0 Å². The van der Waals surface area contributed by atoms with Gasteiger partial charge in [0.2, 0.25) is 0 Å². The Morgan fingerprint density at radius 1 is 0.795 bits per heavy atom. The maximum absolute atomic E-state index is 11.7. The van der Waals surface area contributed by atoms with Gasteiger partial charge >= 0.3 is 11.9 Å². The van der Waals surface area contributed by atoms with Crippen LogP contribution in [0, 0.1) is 11.8 Å². The van der Waals surface area contributed by atoms with Crippen molar-refractivity contribution in [3.8, 4) is 0 Å². The molecule has 0 aromatic heterocycles. The number of hydrogen-bond donors (Lipinski definition) is 2. The van der Waals surface area contributed by atoms with Gasteiger partial charge in [-0.3, -0.25) is 9.59 Å². The Kier molecular flexibility index (Phi) is 42.8. The molecule has 6 nitrogen and oxygen atoms in total. The van der Waals surface area contributed by atoms with Crippen LogP contribution in [0.1, 0.15) is 142 Å². The molecule has 246 valence electrons. The van der Waals surface area contributed by atoms with Crippen LogP contribution in [0.3, 0.4) is 0 Å². The first-order valence-corrected chi connectivity index (χ1v) is 12.4. The van der Waals surface area contributed by atoms with Crippen LogP contribution in [-0.2, 0) is 19.1 Å². The molecule has 4 atom stereocenters. The van der Waals surface area contributed by atoms with Crippen molar-refractivity contribution in [2.45, 2.75) is 159 Å². The SMILES string of the molecule is C.C.C.CC(C)(C)OC(=O)C[C@H]1CCCC[C@]1(C)O.CCOC(C)=O.CC[C@H]1CCCC[C@]1(C)O.S.S.S.S. The summed E-state index contributed by atoms with van der Waals surface area (Å²) in [6.45, 7) is 15.2. The lowest BCUT2D eigenvalue weighted by atomic mass is 9.75. The first-order valence-electron chi connectivity index (χ1n) is 12.4. The maximum Gasteiger partial charge on any atom is 0.306 e. The van der Waals surface area contributed by atoms with Gasteiger partial charge in [-0.15, -0.1) is 0 Å². The molecule has 2 aliphatic rings. The van der Waals surface area contributed by atoms with Crippen molar-refractivity contribution < 1.29 is 29.3 Å². The standard InChI is InChI=1S/C13H24O3.C9H18O.C4H8O2.3CH4.4H2S/c1-12(2,3)16-11(14)9-10-7-5-6-8-13(10,4)15;1-3-8-6-4-5-7-9(8,2)10;1-3-6-4(2)5;;;;;;;/h10,15H,5-9H2,1-4H3;8,10H,3-7H2,1-2H3;3H2,1-2H3;3*1H4;4*1H2/t10-,13+;8-,9-;;;;;;;;/m10......../s1. The Morgan fingerprint density at radius 3 is 1.41 bits per heavy atom. The van der Waals surface area contributed by atoms with Gasteiger partial charge in [0.05, 0.1) is 24.2 Å². The van der Waals surface area contributed by atoms with Gasteiger partial charge in [0.25, 0.3) is 0 Å².